The van der Waals surface area contributed by atoms with Gasteiger partial charge in [0.2, 0.25) is 0 Å². The summed E-state index contributed by atoms with van der Waals surface area (Å²) in [6, 6.07) is 5.87. The molecule has 0 saturated heterocycles. The summed E-state index contributed by atoms with van der Waals surface area (Å²) in [4.78, 5) is 16.1. The summed E-state index contributed by atoms with van der Waals surface area (Å²) in [7, 11) is 0. The van der Waals surface area contributed by atoms with E-state index in [2.05, 4.69) is 26.2 Å². The molecule has 1 amide bonds. The van der Waals surface area contributed by atoms with Crippen LogP contribution in [0.25, 0.3) is 11.6 Å². The predicted octanol–water partition coefficient (Wildman–Crippen LogP) is 4.46. The van der Waals surface area contributed by atoms with E-state index in [4.69, 9.17) is 0 Å². The highest BCUT2D eigenvalue weighted by Crippen LogP contribution is 2.36. The lowest BCUT2D eigenvalue weighted by Crippen LogP contribution is -2.04. The third-order valence-electron chi connectivity index (χ3n) is 5.33. The van der Waals surface area contributed by atoms with E-state index in [-0.39, 0.29) is 12.5 Å². The van der Waals surface area contributed by atoms with E-state index in [1.54, 1.807) is 0 Å². The first-order chi connectivity index (χ1) is 12.7. The normalized spacial score (nSPS) is 17.8. The van der Waals surface area contributed by atoms with E-state index >= 15 is 0 Å². The van der Waals surface area contributed by atoms with Gasteiger partial charge < -0.3 is 15.4 Å². The Labute approximate surface area is 161 Å². The first-order valence-electron chi connectivity index (χ1n) is 9.34. The fourth-order valence-electron chi connectivity index (χ4n) is 4.07. The number of halogens is 1. The molecule has 0 radical (unpaired) electrons. The van der Waals surface area contributed by atoms with Crippen molar-refractivity contribution in [3.05, 3.63) is 50.8 Å². The Hall–Kier alpha value is -1.85. The first kappa shape index (κ1) is 17.6. The highest BCUT2D eigenvalue weighted by atomic mass is 79.9. The van der Waals surface area contributed by atoms with Gasteiger partial charge in [0, 0.05) is 28.0 Å². The molecular formula is C21H23BrN2O2. The molecule has 0 spiro atoms. The van der Waals surface area contributed by atoms with Gasteiger partial charge in [0.25, 0.3) is 5.91 Å². The molecular weight excluding hydrogens is 392 g/mol. The number of aryl methyl sites for hydroxylation is 1. The molecule has 0 bridgehead atoms. The van der Waals surface area contributed by atoms with Crippen LogP contribution >= 0.6 is 15.9 Å². The quantitative estimate of drug-likeness (QED) is 0.510. The molecule has 2 aliphatic rings. The minimum atomic E-state index is -0.0593. The number of hydrogen-bond acceptors (Lipinski definition) is 2. The lowest BCUT2D eigenvalue weighted by atomic mass is 9.98. The van der Waals surface area contributed by atoms with Crippen molar-refractivity contribution in [1.29, 1.82) is 0 Å². The topological polar surface area (TPSA) is 65.1 Å². The number of amides is 1. The smallest absolute Gasteiger partial charge is 0.256 e. The van der Waals surface area contributed by atoms with Crippen LogP contribution in [0.15, 0.2) is 22.7 Å². The summed E-state index contributed by atoms with van der Waals surface area (Å²) in [6.45, 7) is 0.188. The number of aromatic amines is 1. The maximum Gasteiger partial charge on any atom is 0.256 e. The lowest BCUT2D eigenvalue weighted by Gasteiger charge is -2.05. The number of hydrogen-bond donors (Lipinski definition) is 3. The zero-order chi connectivity index (χ0) is 18.1. The van der Waals surface area contributed by atoms with Crippen molar-refractivity contribution in [2.75, 3.05) is 11.9 Å². The average Bonchev–Trinajstić information content (AvgIpc) is 2.99. The molecule has 0 saturated carbocycles. The van der Waals surface area contributed by atoms with E-state index in [1.165, 1.54) is 36.1 Å². The zero-order valence-corrected chi connectivity index (χ0v) is 16.3. The van der Waals surface area contributed by atoms with Gasteiger partial charge in [-0.25, -0.2) is 0 Å². The summed E-state index contributed by atoms with van der Waals surface area (Å²) in [5, 5.41) is 12.3. The van der Waals surface area contributed by atoms with Gasteiger partial charge in [0.15, 0.2) is 0 Å². The van der Waals surface area contributed by atoms with Crippen LogP contribution in [0.3, 0.4) is 0 Å². The molecule has 3 N–H and O–H groups in total. The van der Waals surface area contributed by atoms with Gasteiger partial charge in [0.05, 0.1) is 11.3 Å². The SMILES string of the molecule is O=C1Nc2cc(Br)ccc2/C1=C/c1[nH]c2c(c1CCCO)CCCCC2. The number of rotatable bonds is 4. The van der Waals surface area contributed by atoms with Crippen molar-refractivity contribution in [1.82, 2.24) is 4.98 Å². The van der Waals surface area contributed by atoms with Crippen LogP contribution in [0.5, 0.6) is 0 Å². The number of benzene rings is 1. The third-order valence-corrected chi connectivity index (χ3v) is 5.82. The van der Waals surface area contributed by atoms with Gasteiger partial charge in [-0.15, -0.1) is 0 Å². The minimum Gasteiger partial charge on any atom is -0.396 e. The fraction of sp³-hybridized carbons (Fsp3) is 0.381. The molecule has 1 aliphatic carbocycles. The Bertz CT molecular complexity index is 882. The van der Waals surface area contributed by atoms with Crippen LogP contribution < -0.4 is 5.32 Å². The molecule has 1 aliphatic heterocycles. The van der Waals surface area contributed by atoms with Gasteiger partial charge in [-0.1, -0.05) is 28.4 Å². The highest BCUT2D eigenvalue weighted by Gasteiger charge is 2.26. The second kappa shape index (κ2) is 7.41. The summed E-state index contributed by atoms with van der Waals surface area (Å²) in [5.41, 5.74) is 7.54. The van der Waals surface area contributed by atoms with Crippen LogP contribution in [0, 0.1) is 0 Å². The number of carbonyl (C=O) groups is 1. The molecule has 4 rings (SSSR count). The van der Waals surface area contributed by atoms with Crippen LogP contribution in [-0.4, -0.2) is 22.6 Å². The van der Waals surface area contributed by atoms with Crippen LogP contribution in [0.2, 0.25) is 0 Å². The summed E-state index contributed by atoms with van der Waals surface area (Å²) >= 11 is 3.46. The Morgan fingerprint density at radius 1 is 1.19 bits per heavy atom. The number of fused-ring (bicyclic) bond motifs is 2. The van der Waals surface area contributed by atoms with E-state index in [0.29, 0.717) is 5.57 Å². The highest BCUT2D eigenvalue weighted by molar-refractivity contribution is 9.10. The fourth-order valence-corrected chi connectivity index (χ4v) is 4.43. The molecule has 0 atom stereocenters. The van der Waals surface area contributed by atoms with Gasteiger partial charge >= 0.3 is 0 Å². The molecule has 0 unspecified atom stereocenters. The molecule has 4 nitrogen and oxygen atoms in total. The number of H-pyrrole nitrogens is 1. The van der Waals surface area contributed by atoms with Crippen molar-refractivity contribution in [2.24, 2.45) is 0 Å². The maximum absolute atomic E-state index is 12.5. The Kier molecular flexibility index (Phi) is 5.00. The number of aliphatic hydroxyl groups is 1. The zero-order valence-electron chi connectivity index (χ0n) is 14.7. The third kappa shape index (κ3) is 3.26. The van der Waals surface area contributed by atoms with E-state index in [1.807, 2.05) is 24.3 Å². The van der Waals surface area contributed by atoms with Gasteiger partial charge in [0.1, 0.15) is 0 Å². The van der Waals surface area contributed by atoms with Gasteiger partial charge in [-0.2, -0.15) is 0 Å². The molecule has 0 fully saturated rings. The number of nitrogens with one attached hydrogen (secondary N) is 2. The largest absolute Gasteiger partial charge is 0.396 e. The van der Waals surface area contributed by atoms with Crippen molar-refractivity contribution in [3.63, 3.8) is 0 Å². The summed E-state index contributed by atoms with van der Waals surface area (Å²) < 4.78 is 0.952. The average molecular weight is 415 g/mol. The minimum absolute atomic E-state index is 0.0593. The molecule has 1 aromatic carbocycles. The number of carbonyl (C=O) groups excluding carboxylic acids is 1. The standard InChI is InChI=1S/C21H23BrN2O2/c22-13-8-9-16-17(21(26)24-19(16)11-13)12-20-15(6-4-10-25)14-5-2-1-3-7-18(14)23-20/h8-9,11-12,23,25H,1-7,10H2,(H,24,26)/b17-12-. The number of aromatic nitrogens is 1. The molecule has 5 heteroatoms. The van der Waals surface area contributed by atoms with Crippen molar-refractivity contribution >= 4 is 39.2 Å². The van der Waals surface area contributed by atoms with Crippen LogP contribution in [0.1, 0.15) is 53.8 Å². The van der Waals surface area contributed by atoms with E-state index < -0.39 is 0 Å². The second-order valence-corrected chi connectivity index (χ2v) is 7.98. The monoisotopic (exact) mass is 414 g/mol. The molecule has 2 aromatic rings. The van der Waals surface area contributed by atoms with Gasteiger partial charge in [-0.05, 0) is 67.9 Å². The van der Waals surface area contributed by atoms with E-state index in [0.717, 1.165) is 47.1 Å². The maximum atomic E-state index is 12.5. The van der Waals surface area contributed by atoms with Crippen LogP contribution in [-0.2, 0) is 24.1 Å². The van der Waals surface area contributed by atoms with Crippen molar-refractivity contribution < 1.29 is 9.90 Å². The second-order valence-electron chi connectivity index (χ2n) is 7.06. The Morgan fingerprint density at radius 2 is 2.04 bits per heavy atom. The molecule has 2 heterocycles. The number of anilines is 1. The van der Waals surface area contributed by atoms with E-state index in [9.17, 15) is 9.90 Å². The van der Waals surface area contributed by atoms with Crippen molar-refractivity contribution in [2.45, 2.75) is 44.9 Å². The van der Waals surface area contributed by atoms with Crippen molar-refractivity contribution in [3.8, 4) is 0 Å². The molecule has 136 valence electrons. The van der Waals surface area contributed by atoms with Gasteiger partial charge in [-0.3, -0.25) is 4.79 Å². The van der Waals surface area contributed by atoms with Crippen LogP contribution in [0.4, 0.5) is 5.69 Å². The number of aliphatic hydroxyl groups excluding tert-OH is 1. The molecule has 26 heavy (non-hydrogen) atoms. The lowest BCUT2D eigenvalue weighted by molar-refractivity contribution is -0.110. The Balaban J connectivity index is 1.78. The predicted molar refractivity (Wildman–Crippen MR) is 108 cm³/mol. The Morgan fingerprint density at radius 3 is 2.88 bits per heavy atom. The summed E-state index contributed by atoms with van der Waals surface area (Å²) in [6.07, 6.45) is 9.43. The summed E-state index contributed by atoms with van der Waals surface area (Å²) in [5.74, 6) is -0.0593. The first-order valence-corrected chi connectivity index (χ1v) is 10.1. The molecule has 1 aromatic heterocycles.